The Labute approximate surface area is 99.1 Å². The molecule has 1 nitrogen and oxygen atoms in total. The highest BCUT2D eigenvalue weighted by Gasteiger charge is 2.13. The van der Waals surface area contributed by atoms with Gasteiger partial charge in [0, 0.05) is 6.42 Å². The monoisotopic (exact) mass is 215 g/mol. The maximum absolute atomic E-state index is 8.70. The molecule has 1 aromatic carbocycles. The molecule has 0 aromatic heterocycles. The van der Waals surface area contributed by atoms with E-state index in [4.69, 9.17) is 5.26 Å². The number of rotatable bonds is 6. The maximum Gasteiger partial charge on any atom is 0.0621 e. The van der Waals surface area contributed by atoms with E-state index in [9.17, 15) is 0 Å². The Kier molecular flexibility index (Phi) is 5.64. The summed E-state index contributed by atoms with van der Waals surface area (Å²) in [4.78, 5) is 0. The molecule has 0 N–H and O–H groups in total. The Morgan fingerprint density at radius 3 is 2.50 bits per heavy atom. The first-order valence-electron chi connectivity index (χ1n) is 6.19. The highest BCUT2D eigenvalue weighted by Crippen LogP contribution is 2.29. The third-order valence-corrected chi connectivity index (χ3v) is 3.26. The molecule has 0 heterocycles. The van der Waals surface area contributed by atoms with E-state index in [2.05, 4.69) is 44.2 Å². The van der Waals surface area contributed by atoms with E-state index >= 15 is 0 Å². The second kappa shape index (κ2) is 7.06. The van der Waals surface area contributed by atoms with Gasteiger partial charge in [0.1, 0.15) is 0 Å². The summed E-state index contributed by atoms with van der Waals surface area (Å²) in [7, 11) is 0. The van der Waals surface area contributed by atoms with Gasteiger partial charge in [0.25, 0.3) is 0 Å². The largest absolute Gasteiger partial charge is 0.198 e. The summed E-state index contributed by atoms with van der Waals surface area (Å²) in [6.45, 7) is 4.53. The van der Waals surface area contributed by atoms with Crippen molar-refractivity contribution in [1.82, 2.24) is 0 Å². The Morgan fingerprint density at radius 2 is 1.94 bits per heavy atom. The van der Waals surface area contributed by atoms with Crippen LogP contribution in [0.2, 0.25) is 0 Å². The van der Waals surface area contributed by atoms with Gasteiger partial charge < -0.3 is 0 Å². The highest BCUT2D eigenvalue weighted by molar-refractivity contribution is 5.19. The fourth-order valence-electron chi connectivity index (χ4n) is 2.04. The minimum atomic E-state index is 0.552. The van der Waals surface area contributed by atoms with Crippen molar-refractivity contribution in [3.63, 3.8) is 0 Å². The minimum absolute atomic E-state index is 0.552. The molecule has 0 aliphatic rings. The van der Waals surface area contributed by atoms with Crippen molar-refractivity contribution in [2.24, 2.45) is 5.92 Å². The van der Waals surface area contributed by atoms with Crippen LogP contribution in [0.15, 0.2) is 30.3 Å². The molecule has 1 heteroatoms. The lowest BCUT2D eigenvalue weighted by molar-refractivity contribution is 0.440. The molecule has 0 fully saturated rings. The third kappa shape index (κ3) is 4.06. The van der Waals surface area contributed by atoms with E-state index in [1.54, 1.807) is 0 Å². The predicted molar refractivity (Wildman–Crippen MR) is 68.1 cm³/mol. The first-order valence-corrected chi connectivity index (χ1v) is 6.19. The highest BCUT2D eigenvalue weighted by atomic mass is 14.2. The molecule has 1 aromatic rings. The zero-order valence-electron chi connectivity index (χ0n) is 10.3. The molecule has 0 bridgehead atoms. The van der Waals surface area contributed by atoms with Crippen LogP contribution in [0, 0.1) is 17.2 Å². The predicted octanol–water partition coefficient (Wildman–Crippen LogP) is 4.51. The molecule has 0 spiro atoms. The lowest BCUT2D eigenvalue weighted by Crippen LogP contribution is -2.04. The van der Waals surface area contributed by atoms with Crippen molar-refractivity contribution in [3.05, 3.63) is 35.9 Å². The van der Waals surface area contributed by atoms with Crippen LogP contribution in [-0.4, -0.2) is 0 Å². The quantitative estimate of drug-likeness (QED) is 0.685. The van der Waals surface area contributed by atoms with Crippen LogP contribution in [0.1, 0.15) is 51.0 Å². The Balaban J connectivity index is 2.68. The van der Waals surface area contributed by atoms with E-state index in [1.165, 1.54) is 18.4 Å². The van der Waals surface area contributed by atoms with Crippen LogP contribution >= 0.6 is 0 Å². The van der Waals surface area contributed by atoms with Gasteiger partial charge in [-0.1, -0.05) is 50.6 Å². The summed E-state index contributed by atoms with van der Waals surface area (Å²) in [6, 6.07) is 12.9. The zero-order chi connectivity index (χ0) is 11.8. The Hall–Kier alpha value is -1.29. The summed E-state index contributed by atoms with van der Waals surface area (Å²) in [5, 5.41) is 8.70. The van der Waals surface area contributed by atoms with E-state index in [0.29, 0.717) is 12.3 Å². The van der Waals surface area contributed by atoms with Gasteiger partial charge in [-0.25, -0.2) is 0 Å². The third-order valence-electron chi connectivity index (χ3n) is 3.26. The molecule has 2 atom stereocenters. The molecule has 0 saturated heterocycles. The molecule has 86 valence electrons. The number of benzene rings is 1. The van der Waals surface area contributed by atoms with Gasteiger partial charge in [-0.2, -0.15) is 5.26 Å². The molecule has 0 aliphatic heterocycles. The van der Waals surface area contributed by atoms with Crippen LogP contribution in [0.25, 0.3) is 0 Å². The molecule has 0 saturated carbocycles. The molecule has 0 aliphatic carbocycles. The molecule has 0 amide bonds. The fraction of sp³-hybridized carbons (Fsp3) is 0.533. The fourth-order valence-corrected chi connectivity index (χ4v) is 2.04. The summed E-state index contributed by atoms with van der Waals surface area (Å²) in [5.41, 5.74) is 1.39. The smallest absolute Gasteiger partial charge is 0.0621 e. The number of hydrogen-bond acceptors (Lipinski definition) is 1. The maximum atomic E-state index is 8.70. The van der Waals surface area contributed by atoms with Crippen molar-refractivity contribution in [1.29, 1.82) is 5.26 Å². The molecule has 2 unspecified atom stereocenters. The Bertz CT molecular complexity index is 323. The van der Waals surface area contributed by atoms with Crippen LogP contribution in [0.3, 0.4) is 0 Å². The lowest BCUT2D eigenvalue weighted by Gasteiger charge is -2.19. The lowest BCUT2D eigenvalue weighted by atomic mass is 9.85. The second-order valence-corrected chi connectivity index (χ2v) is 4.55. The van der Waals surface area contributed by atoms with E-state index in [0.717, 1.165) is 12.3 Å². The first kappa shape index (κ1) is 12.8. The standard InChI is InChI=1S/C15H21N/c1-3-13(2)12-15(10-7-11-16)14-8-5-4-6-9-14/h4-6,8-9,13,15H,3,7,10,12H2,1-2H3. The SMILES string of the molecule is CCC(C)CC(CCC#N)c1ccccc1. The van der Waals surface area contributed by atoms with Gasteiger partial charge in [-0.05, 0) is 30.2 Å². The number of hydrogen-bond donors (Lipinski definition) is 0. The molecule has 16 heavy (non-hydrogen) atoms. The van der Waals surface area contributed by atoms with Crippen LogP contribution < -0.4 is 0 Å². The van der Waals surface area contributed by atoms with Crippen molar-refractivity contribution in [3.8, 4) is 6.07 Å². The van der Waals surface area contributed by atoms with Gasteiger partial charge in [-0.3, -0.25) is 0 Å². The first-order chi connectivity index (χ1) is 7.77. The van der Waals surface area contributed by atoms with Gasteiger partial charge in [0.05, 0.1) is 6.07 Å². The molecular formula is C15H21N. The number of nitrogens with zero attached hydrogens (tertiary/aromatic N) is 1. The van der Waals surface area contributed by atoms with Gasteiger partial charge in [0.15, 0.2) is 0 Å². The topological polar surface area (TPSA) is 23.8 Å². The summed E-state index contributed by atoms with van der Waals surface area (Å²) < 4.78 is 0. The summed E-state index contributed by atoms with van der Waals surface area (Å²) >= 11 is 0. The molecular weight excluding hydrogens is 194 g/mol. The van der Waals surface area contributed by atoms with Crippen molar-refractivity contribution >= 4 is 0 Å². The Morgan fingerprint density at radius 1 is 1.25 bits per heavy atom. The molecule has 0 radical (unpaired) electrons. The van der Waals surface area contributed by atoms with Crippen molar-refractivity contribution in [2.75, 3.05) is 0 Å². The van der Waals surface area contributed by atoms with Crippen LogP contribution in [0.5, 0.6) is 0 Å². The van der Waals surface area contributed by atoms with Gasteiger partial charge in [-0.15, -0.1) is 0 Å². The summed E-state index contributed by atoms with van der Waals surface area (Å²) in [6.07, 6.45) is 4.07. The molecule has 1 rings (SSSR count). The van der Waals surface area contributed by atoms with E-state index < -0.39 is 0 Å². The number of nitriles is 1. The van der Waals surface area contributed by atoms with Crippen LogP contribution in [-0.2, 0) is 0 Å². The average Bonchev–Trinajstić information content (AvgIpc) is 2.35. The van der Waals surface area contributed by atoms with Crippen molar-refractivity contribution < 1.29 is 0 Å². The van der Waals surface area contributed by atoms with E-state index in [-0.39, 0.29) is 0 Å². The summed E-state index contributed by atoms with van der Waals surface area (Å²) in [5.74, 6) is 1.29. The van der Waals surface area contributed by atoms with Gasteiger partial charge >= 0.3 is 0 Å². The zero-order valence-corrected chi connectivity index (χ0v) is 10.3. The minimum Gasteiger partial charge on any atom is -0.198 e. The second-order valence-electron chi connectivity index (χ2n) is 4.55. The van der Waals surface area contributed by atoms with Gasteiger partial charge in [0.2, 0.25) is 0 Å². The normalized spacial score (nSPS) is 14.1. The van der Waals surface area contributed by atoms with E-state index in [1.807, 2.05) is 6.07 Å². The average molecular weight is 215 g/mol. The van der Waals surface area contributed by atoms with Crippen molar-refractivity contribution in [2.45, 2.75) is 45.4 Å². The van der Waals surface area contributed by atoms with Crippen LogP contribution in [0.4, 0.5) is 0 Å².